The number of amides is 1. The maximum absolute atomic E-state index is 12.0. The van der Waals surface area contributed by atoms with E-state index in [2.05, 4.69) is 4.99 Å². The zero-order chi connectivity index (χ0) is 11.8. The van der Waals surface area contributed by atoms with Gasteiger partial charge in [0, 0.05) is 0 Å². The molecule has 0 unspecified atom stereocenters. The zero-order valence-electron chi connectivity index (χ0n) is 8.20. The van der Waals surface area contributed by atoms with Crippen LogP contribution in [0.5, 0.6) is 0 Å². The predicted molar refractivity (Wildman–Crippen MR) is 57.7 cm³/mol. The Labute approximate surface area is 92.4 Å². The van der Waals surface area contributed by atoms with E-state index in [-0.39, 0.29) is 4.90 Å². The number of sulfonamides is 1. The van der Waals surface area contributed by atoms with Crippen molar-refractivity contribution in [1.82, 2.24) is 4.31 Å². The molecule has 16 heavy (non-hydrogen) atoms. The molecule has 0 spiro atoms. The number of hydrogen-bond acceptors (Lipinski definition) is 4. The Bertz CT molecular complexity index is 565. The maximum Gasteiger partial charge on any atom is 0.267 e. The van der Waals surface area contributed by atoms with Crippen LogP contribution in [0.1, 0.15) is 0 Å². The average molecular weight is 239 g/mol. The molecule has 1 aromatic rings. The molecule has 1 heterocycles. The molecule has 6 nitrogen and oxygen atoms in total. The zero-order valence-corrected chi connectivity index (χ0v) is 9.02. The Morgan fingerprint density at radius 3 is 2.75 bits per heavy atom. The van der Waals surface area contributed by atoms with Crippen molar-refractivity contribution in [3.05, 3.63) is 24.3 Å². The summed E-state index contributed by atoms with van der Waals surface area (Å²) in [5, 5.41) is 0. The fourth-order valence-electron chi connectivity index (χ4n) is 1.38. The van der Waals surface area contributed by atoms with Crippen molar-refractivity contribution in [1.29, 1.82) is 0 Å². The number of hydrogen-bond donors (Lipinski definition) is 1. The third kappa shape index (κ3) is 1.65. The Morgan fingerprint density at radius 2 is 2.06 bits per heavy atom. The standard InChI is InChI=1S/C9H9N3O3S/c10-9(13)5-12-6-11-7-3-1-2-4-8(7)16(12,14)15/h1-4,6H,5H2,(H2,10,13). The number of aliphatic imine (C=N–C) groups is 1. The predicted octanol–water partition coefficient (Wildman–Crippen LogP) is -0.164. The van der Waals surface area contributed by atoms with Gasteiger partial charge in [0.15, 0.2) is 0 Å². The van der Waals surface area contributed by atoms with Crippen molar-refractivity contribution in [2.45, 2.75) is 4.90 Å². The first-order valence-corrected chi connectivity index (χ1v) is 5.89. The van der Waals surface area contributed by atoms with Crippen LogP contribution in [0.3, 0.4) is 0 Å². The molecule has 2 N–H and O–H groups in total. The van der Waals surface area contributed by atoms with Crippen LogP contribution in [-0.2, 0) is 14.8 Å². The third-order valence-electron chi connectivity index (χ3n) is 2.09. The fourth-order valence-corrected chi connectivity index (χ4v) is 2.73. The van der Waals surface area contributed by atoms with E-state index in [9.17, 15) is 13.2 Å². The van der Waals surface area contributed by atoms with Crippen molar-refractivity contribution in [2.24, 2.45) is 10.7 Å². The van der Waals surface area contributed by atoms with Crippen molar-refractivity contribution in [3.8, 4) is 0 Å². The molecular weight excluding hydrogens is 230 g/mol. The molecule has 0 saturated heterocycles. The highest BCUT2D eigenvalue weighted by molar-refractivity contribution is 7.89. The van der Waals surface area contributed by atoms with Crippen LogP contribution in [0.25, 0.3) is 0 Å². The van der Waals surface area contributed by atoms with Crippen LogP contribution in [0.15, 0.2) is 34.2 Å². The molecule has 1 aliphatic heterocycles. The second kappa shape index (κ2) is 3.60. The summed E-state index contributed by atoms with van der Waals surface area (Å²) >= 11 is 0. The van der Waals surface area contributed by atoms with Gasteiger partial charge in [0.1, 0.15) is 17.8 Å². The normalized spacial score (nSPS) is 16.9. The van der Waals surface area contributed by atoms with E-state index in [0.717, 1.165) is 10.6 Å². The van der Waals surface area contributed by atoms with E-state index in [1.165, 1.54) is 6.07 Å². The first kappa shape index (κ1) is 10.6. The maximum atomic E-state index is 12.0. The molecule has 2 rings (SSSR count). The number of nitrogens with zero attached hydrogens (tertiary/aromatic N) is 2. The van der Waals surface area contributed by atoms with Gasteiger partial charge in [-0.15, -0.1) is 0 Å². The molecule has 0 radical (unpaired) electrons. The van der Waals surface area contributed by atoms with Gasteiger partial charge in [0.05, 0.1) is 5.69 Å². The summed E-state index contributed by atoms with van der Waals surface area (Å²) in [7, 11) is -3.69. The van der Waals surface area contributed by atoms with Gasteiger partial charge in [-0.05, 0) is 12.1 Å². The van der Waals surface area contributed by atoms with Gasteiger partial charge in [-0.2, -0.15) is 0 Å². The number of primary amides is 1. The molecule has 0 fully saturated rings. The van der Waals surface area contributed by atoms with Gasteiger partial charge in [0.25, 0.3) is 10.0 Å². The molecule has 0 atom stereocenters. The quantitative estimate of drug-likeness (QED) is 0.776. The number of benzene rings is 1. The summed E-state index contributed by atoms with van der Waals surface area (Å²) in [5.74, 6) is -0.727. The average Bonchev–Trinajstić information content (AvgIpc) is 2.22. The third-order valence-corrected chi connectivity index (χ3v) is 3.83. The molecule has 0 saturated carbocycles. The molecule has 0 aromatic heterocycles. The second-order valence-corrected chi connectivity index (χ2v) is 5.09. The summed E-state index contributed by atoms with van der Waals surface area (Å²) in [6.45, 7) is -0.403. The van der Waals surface area contributed by atoms with Crippen molar-refractivity contribution in [3.63, 3.8) is 0 Å². The monoisotopic (exact) mass is 239 g/mol. The van der Waals surface area contributed by atoms with Crippen LogP contribution in [0.4, 0.5) is 5.69 Å². The van der Waals surface area contributed by atoms with E-state index < -0.39 is 22.5 Å². The summed E-state index contributed by atoms with van der Waals surface area (Å²) in [6, 6.07) is 6.31. The molecule has 1 aliphatic rings. The topological polar surface area (TPSA) is 92.8 Å². The fraction of sp³-hybridized carbons (Fsp3) is 0.111. The Balaban J connectivity index is 2.50. The lowest BCUT2D eigenvalue weighted by Crippen LogP contribution is -2.38. The lowest BCUT2D eigenvalue weighted by molar-refractivity contribution is -0.117. The van der Waals surface area contributed by atoms with Gasteiger partial charge in [-0.3, -0.25) is 4.79 Å². The van der Waals surface area contributed by atoms with Gasteiger partial charge in [0.2, 0.25) is 5.91 Å². The Morgan fingerprint density at radius 1 is 1.38 bits per heavy atom. The summed E-state index contributed by atoms with van der Waals surface area (Å²) < 4.78 is 24.8. The van der Waals surface area contributed by atoms with Crippen molar-refractivity contribution in [2.75, 3.05) is 6.54 Å². The van der Waals surface area contributed by atoms with Gasteiger partial charge in [-0.1, -0.05) is 12.1 Å². The largest absolute Gasteiger partial charge is 0.368 e. The van der Waals surface area contributed by atoms with E-state index >= 15 is 0 Å². The van der Waals surface area contributed by atoms with Crippen LogP contribution in [0, 0.1) is 0 Å². The van der Waals surface area contributed by atoms with Crippen LogP contribution in [-0.4, -0.2) is 31.5 Å². The van der Waals surface area contributed by atoms with Crippen molar-refractivity contribution >= 4 is 28.0 Å². The minimum atomic E-state index is -3.69. The highest BCUT2D eigenvalue weighted by atomic mass is 32.2. The van der Waals surface area contributed by atoms with Crippen LogP contribution >= 0.6 is 0 Å². The number of carbonyl (C=O) groups is 1. The Hall–Kier alpha value is -1.89. The molecule has 1 amide bonds. The van der Waals surface area contributed by atoms with Gasteiger partial charge in [-0.25, -0.2) is 17.7 Å². The minimum absolute atomic E-state index is 0.0822. The molecular formula is C9H9N3O3S. The lowest BCUT2D eigenvalue weighted by Gasteiger charge is -2.22. The lowest BCUT2D eigenvalue weighted by atomic mass is 10.3. The number of nitrogens with two attached hydrogens (primary N) is 1. The van der Waals surface area contributed by atoms with E-state index in [4.69, 9.17) is 5.73 Å². The number of carbonyl (C=O) groups excluding carboxylic acids is 1. The molecule has 84 valence electrons. The van der Waals surface area contributed by atoms with Crippen LogP contribution in [0.2, 0.25) is 0 Å². The van der Waals surface area contributed by atoms with E-state index in [0.29, 0.717) is 5.69 Å². The van der Waals surface area contributed by atoms with Gasteiger partial charge < -0.3 is 5.73 Å². The SMILES string of the molecule is NC(=O)CN1C=Nc2ccccc2S1(=O)=O. The molecule has 0 aliphatic carbocycles. The van der Waals surface area contributed by atoms with Crippen LogP contribution < -0.4 is 5.73 Å². The molecule has 0 bridgehead atoms. The molecule has 7 heteroatoms. The molecule has 1 aromatic carbocycles. The Kier molecular flexibility index (Phi) is 2.39. The number of para-hydroxylation sites is 1. The number of fused-ring (bicyclic) bond motifs is 1. The van der Waals surface area contributed by atoms with E-state index in [1.54, 1.807) is 18.2 Å². The van der Waals surface area contributed by atoms with E-state index in [1.807, 2.05) is 0 Å². The highest BCUT2D eigenvalue weighted by Crippen LogP contribution is 2.29. The smallest absolute Gasteiger partial charge is 0.267 e. The number of rotatable bonds is 2. The first-order chi connectivity index (χ1) is 7.51. The van der Waals surface area contributed by atoms with Gasteiger partial charge >= 0.3 is 0 Å². The van der Waals surface area contributed by atoms with Crippen molar-refractivity contribution < 1.29 is 13.2 Å². The first-order valence-electron chi connectivity index (χ1n) is 4.45. The minimum Gasteiger partial charge on any atom is -0.368 e. The second-order valence-electron chi connectivity index (χ2n) is 3.23. The summed E-state index contributed by atoms with van der Waals surface area (Å²) in [5.41, 5.74) is 5.32. The summed E-state index contributed by atoms with van der Waals surface area (Å²) in [4.78, 5) is 14.7. The highest BCUT2D eigenvalue weighted by Gasteiger charge is 2.28. The summed E-state index contributed by atoms with van der Waals surface area (Å²) in [6.07, 6.45) is 1.10.